The van der Waals surface area contributed by atoms with Crippen LogP contribution < -0.4 is 10.6 Å². The van der Waals surface area contributed by atoms with Crippen molar-refractivity contribution in [1.29, 1.82) is 0 Å². The van der Waals surface area contributed by atoms with E-state index in [0.717, 1.165) is 24.2 Å². The highest BCUT2D eigenvalue weighted by Gasteiger charge is 2.17. The normalized spacial score (nSPS) is 22.3. The van der Waals surface area contributed by atoms with Gasteiger partial charge in [0.25, 0.3) is 0 Å². The van der Waals surface area contributed by atoms with Crippen molar-refractivity contribution < 1.29 is 0 Å². The van der Waals surface area contributed by atoms with Gasteiger partial charge in [0.2, 0.25) is 0 Å². The first-order valence-corrected chi connectivity index (χ1v) is 6.40. The van der Waals surface area contributed by atoms with Crippen molar-refractivity contribution in [2.75, 3.05) is 19.6 Å². The van der Waals surface area contributed by atoms with Crippen molar-refractivity contribution in [2.24, 2.45) is 0 Å². The minimum absolute atomic E-state index is 0.412. The van der Waals surface area contributed by atoms with Gasteiger partial charge in [-0.25, -0.2) is 4.98 Å². The molecule has 1 aromatic rings. The minimum atomic E-state index is 0.412. The van der Waals surface area contributed by atoms with Crippen molar-refractivity contribution in [3.63, 3.8) is 0 Å². The molecule has 0 spiro atoms. The Morgan fingerprint density at radius 3 is 3.07 bits per heavy atom. The maximum Gasteiger partial charge on any atom is 0.119 e. The predicted molar refractivity (Wildman–Crippen MR) is 68.3 cm³/mol. The number of piperazine rings is 1. The first kappa shape index (κ1) is 10.8. The lowest BCUT2D eigenvalue weighted by Crippen LogP contribution is -2.42. The van der Waals surface area contributed by atoms with Crippen LogP contribution in [0.5, 0.6) is 0 Å². The summed E-state index contributed by atoms with van der Waals surface area (Å²) in [6.45, 7) is 3.08. The van der Waals surface area contributed by atoms with E-state index in [9.17, 15) is 0 Å². The maximum absolute atomic E-state index is 4.20. The lowest BCUT2D eigenvalue weighted by atomic mass is 10.1. The highest BCUT2D eigenvalue weighted by Crippen LogP contribution is 2.25. The van der Waals surface area contributed by atoms with E-state index in [1.165, 1.54) is 9.13 Å². The zero-order valence-electron chi connectivity index (χ0n) is 7.56. The molecule has 1 aliphatic rings. The van der Waals surface area contributed by atoms with E-state index in [1.807, 2.05) is 6.20 Å². The summed E-state index contributed by atoms with van der Waals surface area (Å²) in [6.07, 6.45) is 1.85. The third-order valence-corrected chi connectivity index (χ3v) is 4.77. The Kier molecular flexibility index (Phi) is 3.75. The predicted octanol–water partition coefficient (Wildman–Crippen LogP) is 1.68. The molecule has 0 amide bonds. The van der Waals surface area contributed by atoms with Crippen LogP contribution in [0.3, 0.4) is 0 Å². The molecule has 1 saturated heterocycles. The summed E-state index contributed by atoms with van der Waals surface area (Å²) in [4.78, 5) is 4.20. The molecule has 1 aromatic heterocycles. The molecule has 1 atom stereocenters. The number of halogens is 2. The average Bonchev–Trinajstić information content (AvgIpc) is 2.23. The van der Waals surface area contributed by atoms with Crippen LogP contribution in [0.4, 0.5) is 0 Å². The Balaban J connectivity index is 2.26. The van der Waals surface area contributed by atoms with Crippen LogP contribution in [0.15, 0.2) is 16.9 Å². The van der Waals surface area contributed by atoms with Gasteiger partial charge in [-0.15, -0.1) is 0 Å². The van der Waals surface area contributed by atoms with E-state index < -0.39 is 0 Å². The maximum atomic E-state index is 4.20. The van der Waals surface area contributed by atoms with Crippen LogP contribution in [-0.4, -0.2) is 24.6 Å². The van der Waals surface area contributed by atoms with Crippen molar-refractivity contribution in [3.8, 4) is 0 Å². The quantitative estimate of drug-likeness (QED) is 0.585. The molecular formula is C9H11BrIN3. The highest BCUT2D eigenvalue weighted by atomic mass is 127. The molecule has 0 unspecified atom stereocenters. The zero-order valence-corrected chi connectivity index (χ0v) is 11.3. The summed E-state index contributed by atoms with van der Waals surface area (Å²) in [7, 11) is 0. The SMILES string of the molecule is Brc1nccc([C@@H]2CNCCN2)c1I. The lowest BCUT2D eigenvalue weighted by Gasteiger charge is -2.25. The van der Waals surface area contributed by atoms with E-state index in [-0.39, 0.29) is 0 Å². The average molecular weight is 368 g/mol. The van der Waals surface area contributed by atoms with Gasteiger partial charge in [-0.05, 0) is 50.2 Å². The van der Waals surface area contributed by atoms with Gasteiger partial charge in [-0.3, -0.25) is 0 Å². The standard InChI is InChI=1S/C9H11BrIN3/c10-9-8(11)6(1-2-14-9)7-5-12-3-4-13-7/h1-2,7,12-13H,3-5H2/t7-/m0/s1. The highest BCUT2D eigenvalue weighted by molar-refractivity contribution is 14.1. The first-order valence-electron chi connectivity index (χ1n) is 4.53. The molecule has 0 saturated carbocycles. The van der Waals surface area contributed by atoms with Crippen LogP contribution in [0.25, 0.3) is 0 Å². The summed E-state index contributed by atoms with van der Waals surface area (Å²) in [5.74, 6) is 0. The van der Waals surface area contributed by atoms with Crippen LogP contribution in [0.1, 0.15) is 11.6 Å². The molecule has 76 valence electrons. The van der Waals surface area contributed by atoms with Gasteiger partial charge in [-0.1, -0.05) is 0 Å². The Morgan fingerprint density at radius 1 is 1.50 bits per heavy atom. The fourth-order valence-electron chi connectivity index (χ4n) is 1.57. The van der Waals surface area contributed by atoms with Crippen LogP contribution in [-0.2, 0) is 0 Å². The Labute approximate surface area is 105 Å². The largest absolute Gasteiger partial charge is 0.314 e. The van der Waals surface area contributed by atoms with Gasteiger partial charge in [0.15, 0.2) is 0 Å². The van der Waals surface area contributed by atoms with Gasteiger partial charge in [0.05, 0.1) is 3.57 Å². The number of hydrogen-bond donors (Lipinski definition) is 2. The topological polar surface area (TPSA) is 37.0 Å². The van der Waals surface area contributed by atoms with Gasteiger partial charge in [0, 0.05) is 31.9 Å². The smallest absolute Gasteiger partial charge is 0.119 e. The molecule has 0 bridgehead atoms. The summed E-state index contributed by atoms with van der Waals surface area (Å²) < 4.78 is 2.13. The van der Waals surface area contributed by atoms with Crippen molar-refractivity contribution >= 4 is 38.5 Å². The fraction of sp³-hybridized carbons (Fsp3) is 0.444. The van der Waals surface area contributed by atoms with Gasteiger partial charge in [-0.2, -0.15) is 0 Å². The molecule has 2 N–H and O–H groups in total. The number of hydrogen-bond acceptors (Lipinski definition) is 3. The molecule has 1 aliphatic heterocycles. The minimum Gasteiger partial charge on any atom is -0.314 e. The number of pyridine rings is 1. The number of nitrogens with one attached hydrogen (secondary N) is 2. The Hall–Kier alpha value is 0.280. The number of aromatic nitrogens is 1. The van der Waals surface area contributed by atoms with E-state index >= 15 is 0 Å². The number of rotatable bonds is 1. The molecule has 0 aromatic carbocycles. The summed E-state index contributed by atoms with van der Waals surface area (Å²) in [6, 6.07) is 2.49. The summed E-state index contributed by atoms with van der Waals surface area (Å²) in [5, 5.41) is 6.87. The van der Waals surface area contributed by atoms with E-state index in [2.05, 4.69) is 60.2 Å². The lowest BCUT2D eigenvalue weighted by molar-refractivity contribution is 0.428. The molecule has 0 radical (unpaired) electrons. The molecule has 2 heterocycles. The monoisotopic (exact) mass is 367 g/mol. The fourth-order valence-corrected chi connectivity index (χ4v) is 2.62. The number of nitrogens with zero attached hydrogens (tertiary/aromatic N) is 1. The molecule has 5 heteroatoms. The van der Waals surface area contributed by atoms with Gasteiger partial charge < -0.3 is 10.6 Å². The molecule has 14 heavy (non-hydrogen) atoms. The summed E-state index contributed by atoms with van der Waals surface area (Å²) in [5.41, 5.74) is 1.32. The van der Waals surface area contributed by atoms with Crippen molar-refractivity contribution in [2.45, 2.75) is 6.04 Å². The molecule has 2 rings (SSSR count). The van der Waals surface area contributed by atoms with Crippen LogP contribution >= 0.6 is 38.5 Å². The van der Waals surface area contributed by atoms with Crippen molar-refractivity contribution in [3.05, 3.63) is 26.0 Å². The van der Waals surface area contributed by atoms with Gasteiger partial charge >= 0.3 is 0 Å². The van der Waals surface area contributed by atoms with E-state index in [4.69, 9.17) is 0 Å². The third-order valence-electron chi connectivity index (χ3n) is 2.29. The van der Waals surface area contributed by atoms with Gasteiger partial charge in [0.1, 0.15) is 4.60 Å². The first-order chi connectivity index (χ1) is 6.79. The Morgan fingerprint density at radius 2 is 2.36 bits per heavy atom. The summed E-state index contributed by atoms with van der Waals surface area (Å²) >= 11 is 5.78. The van der Waals surface area contributed by atoms with E-state index in [0.29, 0.717) is 6.04 Å². The molecule has 1 fully saturated rings. The molecular weight excluding hydrogens is 357 g/mol. The van der Waals surface area contributed by atoms with Crippen molar-refractivity contribution in [1.82, 2.24) is 15.6 Å². The molecule has 3 nitrogen and oxygen atoms in total. The second kappa shape index (κ2) is 4.87. The second-order valence-electron chi connectivity index (χ2n) is 3.22. The van der Waals surface area contributed by atoms with Crippen LogP contribution in [0, 0.1) is 3.57 Å². The molecule has 0 aliphatic carbocycles. The van der Waals surface area contributed by atoms with E-state index in [1.54, 1.807) is 0 Å². The second-order valence-corrected chi connectivity index (χ2v) is 5.05. The third kappa shape index (κ3) is 2.26. The Bertz CT molecular complexity index is 326. The van der Waals surface area contributed by atoms with Crippen LogP contribution in [0.2, 0.25) is 0 Å². The zero-order chi connectivity index (χ0) is 9.97.